The van der Waals surface area contributed by atoms with Crippen molar-refractivity contribution in [3.8, 4) is 5.75 Å². The van der Waals surface area contributed by atoms with Gasteiger partial charge in [-0.1, -0.05) is 35.3 Å². The third-order valence-corrected chi connectivity index (χ3v) is 4.13. The van der Waals surface area contributed by atoms with Crippen LogP contribution < -0.4 is 4.74 Å². The third kappa shape index (κ3) is 3.21. The van der Waals surface area contributed by atoms with Gasteiger partial charge in [-0.3, -0.25) is 4.79 Å². The van der Waals surface area contributed by atoms with E-state index in [4.69, 9.17) is 27.9 Å². The zero-order valence-corrected chi connectivity index (χ0v) is 13.6. The van der Waals surface area contributed by atoms with Crippen LogP contribution in [0.2, 0.25) is 10.0 Å². The van der Waals surface area contributed by atoms with Gasteiger partial charge in [-0.2, -0.15) is 0 Å². The first-order valence-corrected chi connectivity index (χ1v) is 7.73. The van der Waals surface area contributed by atoms with Crippen LogP contribution in [-0.2, 0) is 17.8 Å². The molecule has 0 aliphatic carbocycles. The summed E-state index contributed by atoms with van der Waals surface area (Å²) in [5.41, 5.74) is 1.96. The first-order chi connectivity index (χ1) is 10.5. The number of carbonyl (C=O) groups excluding carboxylic acids is 1. The van der Waals surface area contributed by atoms with E-state index >= 15 is 0 Å². The van der Waals surface area contributed by atoms with E-state index in [0.717, 1.165) is 16.9 Å². The molecular formula is C17H15Cl2NO2. The SMILES string of the molecule is CN(Cc1cccc(Cl)c1)C(=O)C1Cc2cc(Cl)ccc2O1. The molecule has 1 aliphatic rings. The van der Waals surface area contributed by atoms with Gasteiger partial charge in [-0.25, -0.2) is 0 Å². The van der Waals surface area contributed by atoms with Gasteiger partial charge in [0.15, 0.2) is 6.10 Å². The maximum atomic E-state index is 12.5. The second kappa shape index (κ2) is 6.19. The average Bonchev–Trinajstić information content (AvgIpc) is 2.89. The van der Waals surface area contributed by atoms with E-state index in [1.165, 1.54) is 0 Å². The highest BCUT2D eigenvalue weighted by Gasteiger charge is 2.31. The fourth-order valence-electron chi connectivity index (χ4n) is 2.59. The summed E-state index contributed by atoms with van der Waals surface area (Å²) in [5, 5.41) is 1.32. The summed E-state index contributed by atoms with van der Waals surface area (Å²) in [5.74, 6) is 0.686. The minimum absolute atomic E-state index is 0.0488. The average molecular weight is 336 g/mol. The molecule has 1 atom stereocenters. The summed E-state index contributed by atoms with van der Waals surface area (Å²) in [7, 11) is 1.77. The molecule has 1 aliphatic heterocycles. The lowest BCUT2D eigenvalue weighted by Gasteiger charge is -2.21. The Labute approximate surface area is 139 Å². The Bertz CT molecular complexity index is 718. The van der Waals surface area contributed by atoms with Gasteiger partial charge < -0.3 is 9.64 Å². The second-order valence-electron chi connectivity index (χ2n) is 5.39. The Morgan fingerprint density at radius 2 is 2.00 bits per heavy atom. The Morgan fingerprint density at radius 3 is 2.77 bits per heavy atom. The lowest BCUT2D eigenvalue weighted by molar-refractivity contribution is -0.137. The predicted octanol–water partition coefficient (Wildman–Crippen LogP) is 3.96. The topological polar surface area (TPSA) is 29.5 Å². The molecule has 0 N–H and O–H groups in total. The summed E-state index contributed by atoms with van der Waals surface area (Å²) in [6.07, 6.45) is 0.0619. The number of carbonyl (C=O) groups is 1. The van der Waals surface area contributed by atoms with Gasteiger partial charge >= 0.3 is 0 Å². The van der Waals surface area contributed by atoms with Crippen LogP contribution in [-0.4, -0.2) is 24.0 Å². The fraction of sp³-hybridized carbons (Fsp3) is 0.235. The molecule has 22 heavy (non-hydrogen) atoms. The van der Waals surface area contributed by atoms with Gasteiger partial charge in [0, 0.05) is 30.1 Å². The van der Waals surface area contributed by atoms with E-state index in [1.54, 1.807) is 18.0 Å². The molecule has 0 saturated carbocycles. The highest BCUT2D eigenvalue weighted by Crippen LogP contribution is 2.31. The van der Waals surface area contributed by atoms with Crippen LogP contribution in [0.1, 0.15) is 11.1 Å². The summed E-state index contributed by atoms with van der Waals surface area (Å²) in [4.78, 5) is 14.2. The predicted molar refractivity (Wildman–Crippen MR) is 87.5 cm³/mol. The summed E-state index contributed by atoms with van der Waals surface area (Å²) >= 11 is 11.9. The molecule has 0 radical (unpaired) electrons. The van der Waals surface area contributed by atoms with Gasteiger partial charge in [0.25, 0.3) is 5.91 Å². The number of hydrogen-bond acceptors (Lipinski definition) is 2. The Kier molecular flexibility index (Phi) is 4.27. The van der Waals surface area contributed by atoms with E-state index in [0.29, 0.717) is 23.0 Å². The third-order valence-electron chi connectivity index (χ3n) is 3.66. The quantitative estimate of drug-likeness (QED) is 0.849. The molecular weight excluding hydrogens is 321 g/mol. The van der Waals surface area contributed by atoms with Gasteiger partial charge in [-0.15, -0.1) is 0 Å². The van der Waals surface area contributed by atoms with Crippen molar-refractivity contribution >= 4 is 29.1 Å². The summed E-state index contributed by atoms with van der Waals surface area (Å²) in [6, 6.07) is 12.9. The lowest BCUT2D eigenvalue weighted by atomic mass is 10.1. The van der Waals surface area contributed by atoms with Crippen LogP contribution in [0.5, 0.6) is 5.75 Å². The monoisotopic (exact) mass is 335 g/mol. The Hall–Kier alpha value is -1.71. The number of hydrogen-bond donors (Lipinski definition) is 0. The summed E-state index contributed by atoms with van der Waals surface area (Å²) in [6.45, 7) is 0.496. The van der Waals surface area contributed by atoms with Crippen LogP contribution in [0.4, 0.5) is 0 Å². The van der Waals surface area contributed by atoms with Crippen molar-refractivity contribution in [2.75, 3.05) is 7.05 Å². The van der Waals surface area contributed by atoms with E-state index < -0.39 is 6.10 Å². The van der Waals surface area contributed by atoms with Crippen molar-refractivity contribution in [2.24, 2.45) is 0 Å². The van der Waals surface area contributed by atoms with Crippen molar-refractivity contribution in [2.45, 2.75) is 19.1 Å². The number of fused-ring (bicyclic) bond motifs is 1. The zero-order valence-electron chi connectivity index (χ0n) is 12.1. The molecule has 0 fully saturated rings. The maximum Gasteiger partial charge on any atom is 0.264 e. The molecule has 1 unspecified atom stereocenters. The van der Waals surface area contributed by atoms with Crippen LogP contribution in [0, 0.1) is 0 Å². The molecule has 2 aromatic carbocycles. The molecule has 0 spiro atoms. The van der Waals surface area contributed by atoms with Gasteiger partial charge in [0.05, 0.1) is 0 Å². The number of rotatable bonds is 3. The largest absolute Gasteiger partial charge is 0.480 e. The van der Waals surface area contributed by atoms with Crippen LogP contribution in [0.25, 0.3) is 0 Å². The fourth-order valence-corrected chi connectivity index (χ4v) is 3.00. The molecule has 2 aromatic rings. The highest BCUT2D eigenvalue weighted by atomic mass is 35.5. The number of likely N-dealkylation sites (N-methyl/N-ethyl adjacent to an activating group) is 1. The summed E-state index contributed by atoms with van der Waals surface area (Å²) < 4.78 is 5.73. The van der Waals surface area contributed by atoms with E-state index in [9.17, 15) is 4.79 Å². The second-order valence-corrected chi connectivity index (χ2v) is 6.26. The zero-order chi connectivity index (χ0) is 15.7. The van der Waals surface area contributed by atoms with Crippen molar-refractivity contribution in [1.29, 1.82) is 0 Å². The molecule has 3 rings (SSSR count). The maximum absolute atomic E-state index is 12.5. The molecule has 0 bridgehead atoms. The molecule has 3 nitrogen and oxygen atoms in total. The van der Waals surface area contributed by atoms with Gasteiger partial charge in [-0.05, 0) is 41.5 Å². The number of amides is 1. The minimum Gasteiger partial charge on any atom is -0.480 e. The van der Waals surface area contributed by atoms with Crippen molar-refractivity contribution in [1.82, 2.24) is 4.90 Å². The Balaban J connectivity index is 1.67. The van der Waals surface area contributed by atoms with E-state index in [2.05, 4.69) is 0 Å². The van der Waals surface area contributed by atoms with Crippen molar-refractivity contribution < 1.29 is 9.53 Å². The van der Waals surface area contributed by atoms with Crippen molar-refractivity contribution in [3.05, 3.63) is 63.6 Å². The first-order valence-electron chi connectivity index (χ1n) is 6.97. The number of halogens is 2. The molecule has 1 heterocycles. The molecule has 1 amide bonds. The standard InChI is InChI=1S/C17H15Cl2NO2/c1-20(10-11-3-2-4-13(18)7-11)17(21)16-9-12-8-14(19)5-6-15(12)22-16/h2-8,16H,9-10H2,1H3. The number of benzene rings is 2. The smallest absolute Gasteiger partial charge is 0.264 e. The molecule has 0 aromatic heterocycles. The van der Waals surface area contributed by atoms with E-state index in [1.807, 2.05) is 36.4 Å². The highest BCUT2D eigenvalue weighted by molar-refractivity contribution is 6.30. The van der Waals surface area contributed by atoms with Gasteiger partial charge in [0.2, 0.25) is 0 Å². The normalized spacial score (nSPS) is 16.0. The van der Waals surface area contributed by atoms with Crippen LogP contribution >= 0.6 is 23.2 Å². The first kappa shape index (κ1) is 15.2. The number of nitrogens with zero attached hydrogens (tertiary/aromatic N) is 1. The molecule has 114 valence electrons. The van der Waals surface area contributed by atoms with Crippen LogP contribution in [0.15, 0.2) is 42.5 Å². The molecule has 5 heteroatoms. The molecule has 0 saturated heterocycles. The van der Waals surface area contributed by atoms with Crippen LogP contribution in [0.3, 0.4) is 0 Å². The number of ether oxygens (including phenoxy) is 1. The lowest BCUT2D eigenvalue weighted by Crippen LogP contribution is -2.38. The Morgan fingerprint density at radius 1 is 1.23 bits per heavy atom. The van der Waals surface area contributed by atoms with Crippen molar-refractivity contribution in [3.63, 3.8) is 0 Å². The van der Waals surface area contributed by atoms with Gasteiger partial charge in [0.1, 0.15) is 5.75 Å². The minimum atomic E-state index is -0.488. The van der Waals surface area contributed by atoms with E-state index in [-0.39, 0.29) is 5.91 Å².